The van der Waals surface area contributed by atoms with Crippen molar-refractivity contribution in [2.45, 2.75) is 19.3 Å². The molecule has 1 aromatic heterocycles. The zero-order chi connectivity index (χ0) is 14.8. The largest absolute Gasteiger partial charge is 0.406 e. The summed E-state index contributed by atoms with van der Waals surface area (Å²) < 4.78 is 38.1. The summed E-state index contributed by atoms with van der Waals surface area (Å²) in [6.45, 7) is -1.32. The molecule has 0 amide bonds. The summed E-state index contributed by atoms with van der Waals surface area (Å²) >= 11 is 0. The third-order valence-electron chi connectivity index (χ3n) is 2.68. The molecule has 0 N–H and O–H groups in total. The molecule has 0 radical (unpaired) electrons. The molecule has 0 saturated carbocycles. The van der Waals surface area contributed by atoms with Crippen LogP contribution in [-0.4, -0.2) is 15.3 Å². The number of aromatic nitrogens is 2. The highest BCUT2D eigenvalue weighted by molar-refractivity contribution is 5.15. The summed E-state index contributed by atoms with van der Waals surface area (Å²) in [6, 6.07) is 8.85. The molecule has 0 atom stereocenters. The molecule has 4 nitrogen and oxygen atoms in total. The molecule has 2 rings (SSSR count). The maximum Gasteiger partial charge on any atom is 0.406 e. The highest BCUT2D eigenvalue weighted by atomic mass is 19.4. The first-order valence-corrected chi connectivity index (χ1v) is 5.77. The minimum Gasteiger partial charge on any atom is -0.305 e. The summed E-state index contributed by atoms with van der Waals surface area (Å²) in [7, 11) is 0. The molecule has 7 heteroatoms. The molecule has 0 spiro atoms. The molecule has 2 aromatic rings. The lowest BCUT2D eigenvalue weighted by atomic mass is 10.2. The summed E-state index contributed by atoms with van der Waals surface area (Å²) in [4.78, 5) is 23.3. The molecule has 0 fully saturated rings. The number of hydrogen-bond donors (Lipinski definition) is 0. The van der Waals surface area contributed by atoms with Gasteiger partial charge in [-0.2, -0.15) is 13.2 Å². The van der Waals surface area contributed by atoms with Crippen molar-refractivity contribution in [3.63, 3.8) is 0 Å². The van der Waals surface area contributed by atoms with Gasteiger partial charge in [-0.3, -0.25) is 9.59 Å². The van der Waals surface area contributed by atoms with Gasteiger partial charge >= 0.3 is 17.3 Å². The fraction of sp³-hybridized carbons (Fsp3) is 0.231. The van der Waals surface area contributed by atoms with E-state index < -0.39 is 23.8 Å². The second-order valence-electron chi connectivity index (χ2n) is 4.27. The van der Waals surface area contributed by atoms with E-state index in [4.69, 9.17) is 0 Å². The average molecular weight is 284 g/mol. The van der Waals surface area contributed by atoms with Crippen molar-refractivity contribution in [1.29, 1.82) is 0 Å². The minimum atomic E-state index is -4.54. The Bertz CT molecular complexity index is 702. The SMILES string of the molecule is O=c1c(=O)n(CC(F)(F)F)ccn1Cc1ccccc1. The van der Waals surface area contributed by atoms with Gasteiger partial charge < -0.3 is 9.13 Å². The molecule has 106 valence electrons. The predicted octanol–water partition coefficient (Wildman–Crippen LogP) is 1.62. The molecule has 0 aliphatic heterocycles. The molecule has 0 aliphatic rings. The van der Waals surface area contributed by atoms with Crippen LogP contribution in [-0.2, 0) is 13.1 Å². The standard InChI is InChI=1S/C13H11F3N2O2/c14-13(15,16)9-18-7-6-17(11(19)12(18)20)8-10-4-2-1-3-5-10/h1-7H,8-9H2. The lowest BCUT2D eigenvalue weighted by Crippen LogP contribution is -2.42. The molecule has 0 aliphatic carbocycles. The fourth-order valence-corrected chi connectivity index (χ4v) is 1.76. The van der Waals surface area contributed by atoms with Crippen LogP contribution < -0.4 is 11.1 Å². The molecular weight excluding hydrogens is 273 g/mol. The van der Waals surface area contributed by atoms with Gasteiger partial charge in [0.05, 0.1) is 6.54 Å². The molecule has 20 heavy (non-hydrogen) atoms. The van der Waals surface area contributed by atoms with Gasteiger partial charge in [-0.15, -0.1) is 0 Å². The molecule has 1 heterocycles. The van der Waals surface area contributed by atoms with E-state index >= 15 is 0 Å². The van der Waals surface area contributed by atoms with Crippen molar-refractivity contribution < 1.29 is 13.2 Å². The third kappa shape index (κ3) is 3.37. The highest BCUT2D eigenvalue weighted by Crippen LogP contribution is 2.15. The number of benzene rings is 1. The summed E-state index contributed by atoms with van der Waals surface area (Å²) in [6.07, 6.45) is -2.38. The van der Waals surface area contributed by atoms with E-state index in [0.29, 0.717) is 4.57 Å². The Hall–Kier alpha value is -2.31. The Morgan fingerprint density at radius 1 is 0.900 bits per heavy atom. The Labute approximate surface area is 111 Å². The first-order chi connectivity index (χ1) is 9.37. The van der Waals surface area contributed by atoms with Crippen LogP contribution in [0.1, 0.15) is 5.56 Å². The van der Waals surface area contributed by atoms with Crippen LogP contribution in [0.4, 0.5) is 13.2 Å². The van der Waals surface area contributed by atoms with Crippen molar-refractivity contribution in [2.24, 2.45) is 0 Å². The second kappa shape index (κ2) is 5.36. The number of hydrogen-bond acceptors (Lipinski definition) is 2. The maximum absolute atomic E-state index is 12.2. The van der Waals surface area contributed by atoms with Crippen molar-refractivity contribution in [3.8, 4) is 0 Å². The topological polar surface area (TPSA) is 44.0 Å². The van der Waals surface area contributed by atoms with Gasteiger partial charge in [0.15, 0.2) is 0 Å². The Morgan fingerprint density at radius 2 is 1.45 bits per heavy atom. The number of rotatable bonds is 3. The minimum absolute atomic E-state index is 0.141. The van der Waals surface area contributed by atoms with E-state index in [1.54, 1.807) is 30.3 Å². The summed E-state index contributed by atoms with van der Waals surface area (Å²) in [5.74, 6) is 0. The number of nitrogens with zero attached hydrogens (tertiary/aromatic N) is 2. The third-order valence-corrected chi connectivity index (χ3v) is 2.68. The van der Waals surface area contributed by atoms with E-state index in [2.05, 4.69) is 0 Å². The zero-order valence-corrected chi connectivity index (χ0v) is 10.3. The van der Waals surface area contributed by atoms with Crippen LogP contribution in [0, 0.1) is 0 Å². The molecule has 0 saturated heterocycles. The van der Waals surface area contributed by atoms with Crippen molar-refractivity contribution in [3.05, 3.63) is 69.0 Å². The van der Waals surface area contributed by atoms with Gasteiger partial charge in [0.1, 0.15) is 6.54 Å². The van der Waals surface area contributed by atoms with Gasteiger partial charge in [0.2, 0.25) is 0 Å². The van der Waals surface area contributed by atoms with Crippen molar-refractivity contribution >= 4 is 0 Å². The molecule has 0 bridgehead atoms. The lowest BCUT2D eigenvalue weighted by Gasteiger charge is -2.10. The Balaban J connectivity index is 2.32. The predicted molar refractivity (Wildman–Crippen MR) is 66.6 cm³/mol. The summed E-state index contributed by atoms with van der Waals surface area (Å²) in [5.41, 5.74) is -1.37. The first kappa shape index (κ1) is 14.1. The first-order valence-electron chi connectivity index (χ1n) is 5.77. The van der Waals surface area contributed by atoms with Gasteiger partial charge in [0.25, 0.3) is 0 Å². The van der Waals surface area contributed by atoms with Crippen LogP contribution in [0.2, 0.25) is 0 Å². The normalized spacial score (nSPS) is 11.6. The second-order valence-corrected chi connectivity index (χ2v) is 4.27. The van der Waals surface area contributed by atoms with E-state index in [1.807, 2.05) is 0 Å². The van der Waals surface area contributed by atoms with Gasteiger partial charge in [-0.05, 0) is 5.56 Å². The molecule has 1 aromatic carbocycles. The summed E-state index contributed by atoms with van der Waals surface area (Å²) in [5, 5.41) is 0. The highest BCUT2D eigenvalue weighted by Gasteiger charge is 2.28. The smallest absolute Gasteiger partial charge is 0.305 e. The van der Waals surface area contributed by atoms with E-state index in [0.717, 1.165) is 16.3 Å². The van der Waals surface area contributed by atoms with Crippen LogP contribution >= 0.6 is 0 Å². The molecular formula is C13H11F3N2O2. The average Bonchev–Trinajstić information content (AvgIpc) is 2.38. The van der Waals surface area contributed by atoms with Crippen molar-refractivity contribution in [2.75, 3.05) is 0 Å². The number of halogens is 3. The van der Waals surface area contributed by atoms with Crippen LogP contribution in [0.3, 0.4) is 0 Å². The van der Waals surface area contributed by atoms with Crippen LogP contribution in [0.25, 0.3) is 0 Å². The Kier molecular flexibility index (Phi) is 3.78. The maximum atomic E-state index is 12.2. The van der Waals surface area contributed by atoms with Crippen molar-refractivity contribution in [1.82, 2.24) is 9.13 Å². The quantitative estimate of drug-likeness (QED) is 0.804. The van der Waals surface area contributed by atoms with Gasteiger partial charge in [-0.25, -0.2) is 0 Å². The van der Waals surface area contributed by atoms with Gasteiger partial charge in [0, 0.05) is 12.4 Å². The zero-order valence-electron chi connectivity index (χ0n) is 10.3. The van der Waals surface area contributed by atoms with E-state index in [-0.39, 0.29) is 6.54 Å². The van der Waals surface area contributed by atoms with Gasteiger partial charge in [-0.1, -0.05) is 30.3 Å². The Morgan fingerprint density at radius 3 is 2.05 bits per heavy atom. The number of alkyl halides is 3. The van der Waals surface area contributed by atoms with Crippen LogP contribution in [0.5, 0.6) is 0 Å². The lowest BCUT2D eigenvalue weighted by molar-refractivity contribution is -0.141. The van der Waals surface area contributed by atoms with E-state index in [1.165, 1.54) is 6.20 Å². The van der Waals surface area contributed by atoms with E-state index in [9.17, 15) is 22.8 Å². The van der Waals surface area contributed by atoms with Crippen LogP contribution in [0.15, 0.2) is 52.3 Å². The molecule has 0 unspecified atom stereocenters. The monoisotopic (exact) mass is 284 g/mol. The fourth-order valence-electron chi connectivity index (χ4n) is 1.76.